The van der Waals surface area contributed by atoms with Crippen LogP contribution in [0.25, 0.3) is 6.08 Å². The first-order valence-electron chi connectivity index (χ1n) is 12.4. The van der Waals surface area contributed by atoms with Gasteiger partial charge in [-0.25, -0.2) is 4.39 Å². The maximum absolute atomic E-state index is 13.3. The average molecular weight is 442 g/mol. The molecule has 33 heavy (non-hydrogen) atoms. The summed E-state index contributed by atoms with van der Waals surface area (Å²) in [4.78, 5) is 0. The number of rotatable bonds is 8. The van der Waals surface area contributed by atoms with Gasteiger partial charge >= 0.3 is 0 Å². The fourth-order valence-corrected chi connectivity index (χ4v) is 6.01. The van der Waals surface area contributed by atoms with E-state index in [1.165, 1.54) is 47.2 Å². The van der Waals surface area contributed by atoms with Gasteiger partial charge in [0.15, 0.2) is 0 Å². The van der Waals surface area contributed by atoms with E-state index in [4.69, 9.17) is 5.41 Å². The van der Waals surface area contributed by atoms with Crippen LogP contribution in [0.3, 0.4) is 0 Å². The van der Waals surface area contributed by atoms with Gasteiger partial charge in [0, 0.05) is 0 Å². The Labute approximate surface area is 198 Å². The highest BCUT2D eigenvalue weighted by Crippen LogP contribution is 2.57. The Hall–Kier alpha value is -2.74. The Balaban J connectivity index is 1.57. The molecule has 3 unspecified atom stereocenters. The van der Waals surface area contributed by atoms with Gasteiger partial charge in [-0.05, 0) is 109 Å². The fourth-order valence-electron chi connectivity index (χ4n) is 6.01. The van der Waals surface area contributed by atoms with E-state index in [-0.39, 0.29) is 11.2 Å². The molecule has 2 aromatic carbocycles. The average Bonchev–Trinajstić information content (AvgIpc) is 3.13. The summed E-state index contributed by atoms with van der Waals surface area (Å²) in [5, 5.41) is 7.85. The van der Waals surface area contributed by atoms with E-state index < -0.39 is 0 Å². The van der Waals surface area contributed by atoms with Gasteiger partial charge in [-0.2, -0.15) is 0 Å². The third kappa shape index (κ3) is 4.95. The molecular weight excluding hydrogens is 405 g/mol. The van der Waals surface area contributed by atoms with Gasteiger partial charge < -0.3 is 5.41 Å². The van der Waals surface area contributed by atoms with Crippen molar-refractivity contribution in [2.24, 2.45) is 11.3 Å². The normalized spacial score (nSPS) is 23.5. The Bertz CT molecular complexity index is 1090. The van der Waals surface area contributed by atoms with Gasteiger partial charge in [0.1, 0.15) is 5.82 Å². The highest BCUT2D eigenvalue weighted by Gasteiger charge is 2.45. The second-order valence-corrected chi connectivity index (χ2v) is 10.0. The van der Waals surface area contributed by atoms with Gasteiger partial charge in [-0.15, -0.1) is 0 Å². The summed E-state index contributed by atoms with van der Waals surface area (Å²) >= 11 is 0. The van der Waals surface area contributed by atoms with Crippen molar-refractivity contribution in [2.75, 3.05) is 0 Å². The minimum atomic E-state index is -0.196. The highest BCUT2D eigenvalue weighted by atomic mass is 19.1. The zero-order valence-corrected chi connectivity index (χ0v) is 20.2. The van der Waals surface area contributed by atoms with E-state index in [1.807, 2.05) is 12.1 Å². The number of halogens is 1. The van der Waals surface area contributed by atoms with Gasteiger partial charge in [-0.1, -0.05) is 74.0 Å². The predicted molar refractivity (Wildman–Crippen MR) is 138 cm³/mol. The first-order valence-corrected chi connectivity index (χ1v) is 12.4. The van der Waals surface area contributed by atoms with Gasteiger partial charge in [0.2, 0.25) is 0 Å². The topological polar surface area (TPSA) is 23.9 Å². The minimum absolute atomic E-state index is 0.170. The van der Waals surface area contributed by atoms with E-state index >= 15 is 0 Å². The third-order valence-corrected chi connectivity index (χ3v) is 8.05. The molecule has 4 rings (SSSR count). The maximum atomic E-state index is 13.3. The summed E-state index contributed by atoms with van der Waals surface area (Å²) in [6.07, 6.45) is 14.8. The zero-order valence-electron chi connectivity index (χ0n) is 20.2. The lowest BCUT2D eigenvalue weighted by Crippen LogP contribution is -2.28. The number of aryl methyl sites for hydroxylation is 1. The molecule has 0 aliphatic heterocycles. The Kier molecular flexibility index (Phi) is 7.12. The smallest absolute Gasteiger partial charge is 0.123 e. The van der Waals surface area contributed by atoms with Crippen LogP contribution in [-0.4, -0.2) is 6.21 Å². The predicted octanol–water partition coefficient (Wildman–Crippen LogP) is 8.68. The lowest BCUT2D eigenvalue weighted by Gasteiger charge is -2.38. The molecule has 2 heteroatoms. The molecule has 0 bridgehead atoms. The molecule has 0 aromatic heterocycles. The van der Waals surface area contributed by atoms with E-state index in [0.717, 1.165) is 31.2 Å². The van der Waals surface area contributed by atoms with Crippen LogP contribution in [-0.2, 0) is 6.42 Å². The Morgan fingerprint density at radius 1 is 1.12 bits per heavy atom. The standard InChI is InChI=1S/C31H36FN/c1-4-24-7-5-6-8-30(24)25(17-18-33)20-28-14-13-27-19-22(2)26(21-31(27,28)3)12-9-23-10-15-29(32)16-11-23/h5-12,15-16,18-19,25,28,33H,4,13-14,17,20-21H2,1-3H3/b12-9-,33-18?. The second-order valence-electron chi connectivity index (χ2n) is 10.0. The van der Waals surface area contributed by atoms with Crippen LogP contribution in [0.4, 0.5) is 4.39 Å². The lowest BCUT2D eigenvalue weighted by atomic mass is 9.66. The second kappa shape index (κ2) is 10.0. The molecule has 1 saturated carbocycles. The molecule has 1 nitrogen and oxygen atoms in total. The Morgan fingerprint density at radius 3 is 2.61 bits per heavy atom. The van der Waals surface area contributed by atoms with Crippen molar-refractivity contribution < 1.29 is 4.39 Å². The fraction of sp³-hybridized carbons (Fsp3) is 0.387. The van der Waals surface area contributed by atoms with Crippen LogP contribution >= 0.6 is 0 Å². The van der Waals surface area contributed by atoms with Crippen LogP contribution < -0.4 is 0 Å². The number of fused-ring (bicyclic) bond motifs is 1. The molecule has 1 N–H and O–H groups in total. The quantitative estimate of drug-likeness (QED) is 0.396. The van der Waals surface area contributed by atoms with Gasteiger partial charge in [-0.3, -0.25) is 0 Å². The lowest BCUT2D eigenvalue weighted by molar-refractivity contribution is 0.242. The van der Waals surface area contributed by atoms with Crippen molar-refractivity contribution in [3.8, 4) is 0 Å². The maximum Gasteiger partial charge on any atom is 0.123 e. The molecule has 1 fully saturated rings. The summed E-state index contributed by atoms with van der Waals surface area (Å²) in [6, 6.07) is 15.5. The van der Waals surface area contributed by atoms with Crippen molar-refractivity contribution >= 4 is 12.3 Å². The number of hydrogen-bond acceptors (Lipinski definition) is 1. The number of allylic oxidation sites excluding steroid dienone is 5. The SMILES string of the molecule is CCc1ccccc1C(CC=N)CC1CCC2=CC(C)=C(/C=C\c3ccc(F)cc3)CC21C. The number of nitrogens with one attached hydrogen (secondary N) is 1. The van der Waals surface area contributed by atoms with E-state index in [9.17, 15) is 4.39 Å². The number of benzene rings is 2. The molecule has 0 heterocycles. The molecule has 3 atom stereocenters. The molecule has 172 valence electrons. The van der Waals surface area contributed by atoms with Crippen LogP contribution in [0.5, 0.6) is 0 Å². The summed E-state index contributed by atoms with van der Waals surface area (Å²) in [5.41, 5.74) is 8.39. The Morgan fingerprint density at radius 2 is 1.88 bits per heavy atom. The van der Waals surface area contributed by atoms with E-state index in [1.54, 1.807) is 11.8 Å². The van der Waals surface area contributed by atoms with Crippen molar-refractivity contribution in [3.05, 3.63) is 99.9 Å². The molecule has 2 aliphatic rings. The summed E-state index contributed by atoms with van der Waals surface area (Å²) in [5.74, 6) is 0.823. The zero-order chi connectivity index (χ0) is 23.4. The van der Waals surface area contributed by atoms with Gasteiger partial charge in [0.05, 0.1) is 0 Å². The van der Waals surface area contributed by atoms with Crippen LogP contribution in [0.2, 0.25) is 0 Å². The first-order chi connectivity index (χ1) is 15.9. The summed E-state index contributed by atoms with van der Waals surface area (Å²) in [7, 11) is 0. The van der Waals surface area contributed by atoms with Gasteiger partial charge in [0.25, 0.3) is 0 Å². The molecular formula is C31H36FN. The minimum Gasteiger partial charge on any atom is -0.313 e. The first kappa shape index (κ1) is 23.4. The molecule has 2 aliphatic carbocycles. The molecule has 0 saturated heterocycles. The summed E-state index contributed by atoms with van der Waals surface area (Å²) < 4.78 is 13.3. The largest absolute Gasteiger partial charge is 0.313 e. The van der Waals surface area contributed by atoms with Crippen molar-refractivity contribution in [2.45, 2.75) is 65.2 Å². The van der Waals surface area contributed by atoms with E-state index in [2.05, 4.69) is 63.3 Å². The van der Waals surface area contributed by atoms with Crippen molar-refractivity contribution in [1.29, 1.82) is 5.41 Å². The van der Waals surface area contributed by atoms with Crippen LogP contribution in [0.1, 0.15) is 75.5 Å². The van der Waals surface area contributed by atoms with Crippen LogP contribution in [0, 0.1) is 22.6 Å². The van der Waals surface area contributed by atoms with Crippen molar-refractivity contribution in [3.63, 3.8) is 0 Å². The molecule has 0 amide bonds. The monoisotopic (exact) mass is 441 g/mol. The number of hydrogen-bond donors (Lipinski definition) is 1. The molecule has 0 radical (unpaired) electrons. The summed E-state index contributed by atoms with van der Waals surface area (Å²) in [6.45, 7) is 6.91. The van der Waals surface area contributed by atoms with Crippen LogP contribution in [0.15, 0.2) is 77.4 Å². The molecule has 0 spiro atoms. The molecule has 2 aromatic rings. The van der Waals surface area contributed by atoms with E-state index in [0.29, 0.717) is 11.8 Å². The van der Waals surface area contributed by atoms with Crippen molar-refractivity contribution in [1.82, 2.24) is 0 Å². The highest BCUT2D eigenvalue weighted by molar-refractivity contribution is 5.57. The third-order valence-electron chi connectivity index (χ3n) is 8.05.